The summed E-state index contributed by atoms with van der Waals surface area (Å²) in [5, 5.41) is 10.5. The maximum atomic E-state index is 10.5. The van der Waals surface area contributed by atoms with Gasteiger partial charge in [-0.3, -0.25) is 15.0 Å². The Balaban J connectivity index is 0. The molecule has 1 rings (SSSR count). The lowest BCUT2D eigenvalue weighted by atomic mass is 10.2. The zero-order valence-electron chi connectivity index (χ0n) is 12.7. The van der Waals surface area contributed by atoms with Crippen molar-refractivity contribution in [3.8, 4) is 0 Å². The topological polar surface area (TPSA) is 46.4 Å². The summed E-state index contributed by atoms with van der Waals surface area (Å²) in [5.41, 5.74) is 1.08. The third-order valence-corrected chi connectivity index (χ3v) is 2.01. The van der Waals surface area contributed by atoms with Crippen LogP contribution in [0.25, 0.3) is 0 Å². The molecule has 0 amide bonds. The van der Waals surface area contributed by atoms with Crippen LogP contribution in [0.5, 0.6) is 0 Å². The van der Waals surface area contributed by atoms with Gasteiger partial charge in [-0.15, -0.1) is 6.58 Å². The summed E-state index contributed by atoms with van der Waals surface area (Å²) in [7, 11) is 1.94. The Labute approximate surface area is 116 Å². The number of likely N-dealkylation sites (N-methyl/N-ethyl adjacent to an activating group) is 1. The molecule has 0 fully saturated rings. The first-order chi connectivity index (χ1) is 9.13. The molecule has 1 aromatic rings. The highest BCUT2D eigenvalue weighted by molar-refractivity contribution is 5.34. The van der Waals surface area contributed by atoms with Crippen LogP contribution in [-0.4, -0.2) is 23.4 Å². The molecular weight excluding hydrogens is 240 g/mol. The van der Waals surface area contributed by atoms with Crippen LogP contribution in [0.4, 0.5) is 5.69 Å². The van der Waals surface area contributed by atoms with Gasteiger partial charge in [0.1, 0.15) is 0 Å². The van der Waals surface area contributed by atoms with Crippen LogP contribution in [0.1, 0.15) is 33.3 Å². The number of hydrogen-bond acceptors (Lipinski definition) is 3. The second kappa shape index (κ2) is 12.8. The zero-order chi connectivity index (χ0) is 15.3. The molecule has 0 spiro atoms. The van der Waals surface area contributed by atoms with E-state index in [1.54, 1.807) is 18.2 Å². The van der Waals surface area contributed by atoms with Gasteiger partial charge in [0.2, 0.25) is 0 Å². The van der Waals surface area contributed by atoms with Gasteiger partial charge in [-0.25, -0.2) is 0 Å². The maximum absolute atomic E-state index is 10.5. The molecular formula is C15H26N2O2. The number of nitro groups is 1. The van der Waals surface area contributed by atoms with Gasteiger partial charge in [0.15, 0.2) is 0 Å². The Bertz CT molecular complexity index is 365. The molecule has 4 heteroatoms. The molecule has 0 radical (unpaired) electrons. The van der Waals surface area contributed by atoms with E-state index in [0.29, 0.717) is 6.54 Å². The van der Waals surface area contributed by atoms with Crippen LogP contribution in [0.2, 0.25) is 0 Å². The summed E-state index contributed by atoms with van der Waals surface area (Å²) >= 11 is 0. The van der Waals surface area contributed by atoms with Gasteiger partial charge >= 0.3 is 0 Å². The first-order valence-corrected chi connectivity index (χ1v) is 6.66. The standard InChI is InChI=1S/C11H14N2O2.2C2H6/c1-3-7-12(2)9-10-5-4-6-11(8-10)13(14)15;2*1-2/h3-6,8H,1,7,9H2,2H3;2*1-2H3. The van der Waals surface area contributed by atoms with Gasteiger partial charge < -0.3 is 0 Å². The molecule has 0 unspecified atom stereocenters. The van der Waals surface area contributed by atoms with E-state index >= 15 is 0 Å². The maximum Gasteiger partial charge on any atom is 0.269 e. The quantitative estimate of drug-likeness (QED) is 0.454. The fraction of sp³-hybridized carbons (Fsp3) is 0.467. The monoisotopic (exact) mass is 266 g/mol. The summed E-state index contributed by atoms with van der Waals surface area (Å²) in [4.78, 5) is 12.2. The highest BCUT2D eigenvalue weighted by Gasteiger charge is 2.06. The Hall–Kier alpha value is -1.68. The lowest BCUT2D eigenvalue weighted by Gasteiger charge is -2.13. The molecule has 0 bridgehead atoms. The van der Waals surface area contributed by atoms with Crippen LogP contribution in [0, 0.1) is 10.1 Å². The number of benzene rings is 1. The molecule has 0 aliphatic heterocycles. The van der Waals surface area contributed by atoms with E-state index in [0.717, 1.165) is 12.1 Å². The van der Waals surface area contributed by atoms with Gasteiger partial charge in [0.05, 0.1) is 4.92 Å². The highest BCUT2D eigenvalue weighted by Crippen LogP contribution is 2.14. The Morgan fingerprint density at radius 3 is 2.37 bits per heavy atom. The van der Waals surface area contributed by atoms with Crippen LogP contribution >= 0.6 is 0 Å². The van der Waals surface area contributed by atoms with E-state index in [1.807, 2.05) is 45.7 Å². The second-order valence-electron chi connectivity index (χ2n) is 3.41. The van der Waals surface area contributed by atoms with Crippen LogP contribution < -0.4 is 0 Å². The predicted octanol–water partition coefficient (Wildman–Crippen LogP) is 4.27. The molecule has 108 valence electrons. The molecule has 0 N–H and O–H groups in total. The molecule has 0 aliphatic carbocycles. The summed E-state index contributed by atoms with van der Waals surface area (Å²) in [5.74, 6) is 0. The Morgan fingerprint density at radius 2 is 1.89 bits per heavy atom. The average molecular weight is 266 g/mol. The molecule has 19 heavy (non-hydrogen) atoms. The predicted molar refractivity (Wildman–Crippen MR) is 82.3 cm³/mol. The van der Waals surface area contributed by atoms with Crippen LogP contribution in [0.3, 0.4) is 0 Å². The van der Waals surface area contributed by atoms with Crippen molar-refractivity contribution in [3.63, 3.8) is 0 Å². The van der Waals surface area contributed by atoms with Crippen molar-refractivity contribution < 1.29 is 4.92 Å². The summed E-state index contributed by atoms with van der Waals surface area (Å²) in [6.45, 7) is 13.1. The molecule has 0 saturated heterocycles. The number of nitrogens with zero attached hydrogens (tertiary/aromatic N) is 2. The normalized spacial score (nSPS) is 8.74. The van der Waals surface area contributed by atoms with E-state index in [4.69, 9.17) is 0 Å². The number of nitro benzene ring substituents is 1. The first kappa shape index (κ1) is 19.7. The largest absolute Gasteiger partial charge is 0.298 e. The molecule has 0 saturated carbocycles. The highest BCUT2D eigenvalue weighted by atomic mass is 16.6. The Kier molecular flexibility index (Phi) is 13.2. The first-order valence-electron chi connectivity index (χ1n) is 6.66. The SMILES string of the molecule is C=CCN(C)Cc1cccc([N+](=O)[O-])c1.CC.CC. The van der Waals surface area contributed by atoms with Gasteiger partial charge in [0.25, 0.3) is 5.69 Å². The molecule has 0 aliphatic rings. The van der Waals surface area contributed by atoms with Crippen molar-refractivity contribution in [1.29, 1.82) is 0 Å². The van der Waals surface area contributed by atoms with E-state index in [1.165, 1.54) is 6.07 Å². The minimum atomic E-state index is -0.378. The number of hydrogen-bond donors (Lipinski definition) is 0. The minimum absolute atomic E-state index is 0.138. The van der Waals surface area contributed by atoms with Gasteiger partial charge in [0, 0.05) is 25.2 Å². The van der Waals surface area contributed by atoms with Crippen molar-refractivity contribution in [2.45, 2.75) is 34.2 Å². The molecule has 0 aromatic heterocycles. The van der Waals surface area contributed by atoms with E-state index in [9.17, 15) is 10.1 Å². The van der Waals surface area contributed by atoms with Crippen molar-refractivity contribution in [2.75, 3.05) is 13.6 Å². The third-order valence-electron chi connectivity index (χ3n) is 2.01. The lowest BCUT2D eigenvalue weighted by Crippen LogP contribution is -2.17. The molecule has 0 atom stereocenters. The molecule has 4 nitrogen and oxygen atoms in total. The zero-order valence-corrected chi connectivity index (χ0v) is 12.7. The molecule has 0 heterocycles. The van der Waals surface area contributed by atoms with Gasteiger partial charge in [-0.05, 0) is 12.6 Å². The third kappa shape index (κ3) is 8.97. The van der Waals surface area contributed by atoms with E-state index in [-0.39, 0.29) is 10.6 Å². The lowest BCUT2D eigenvalue weighted by molar-refractivity contribution is -0.384. The summed E-state index contributed by atoms with van der Waals surface area (Å²) < 4.78 is 0. The minimum Gasteiger partial charge on any atom is -0.298 e. The number of non-ortho nitro benzene ring substituents is 1. The number of rotatable bonds is 5. The fourth-order valence-electron chi connectivity index (χ4n) is 1.36. The second-order valence-corrected chi connectivity index (χ2v) is 3.41. The fourth-order valence-corrected chi connectivity index (χ4v) is 1.36. The van der Waals surface area contributed by atoms with Crippen molar-refractivity contribution >= 4 is 5.69 Å². The van der Waals surface area contributed by atoms with Crippen molar-refractivity contribution in [1.82, 2.24) is 4.90 Å². The summed E-state index contributed by atoms with van der Waals surface area (Å²) in [6.07, 6.45) is 1.80. The van der Waals surface area contributed by atoms with Crippen molar-refractivity contribution in [2.24, 2.45) is 0 Å². The van der Waals surface area contributed by atoms with Gasteiger partial charge in [-0.1, -0.05) is 45.9 Å². The smallest absolute Gasteiger partial charge is 0.269 e. The average Bonchev–Trinajstić information content (AvgIpc) is 2.43. The van der Waals surface area contributed by atoms with E-state index < -0.39 is 0 Å². The molecule has 1 aromatic carbocycles. The Morgan fingerprint density at radius 1 is 1.32 bits per heavy atom. The van der Waals surface area contributed by atoms with Crippen LogP contribution in [0.15, 0.2) is 36.9 Å². The van der Waals surface area contributed by atoms with Gasteiger partial charge in [-0.2, -0.15) is 0 Å². The van der Waals surface area contributed by atoms with E-state index in [2.05, 4.69) is 6.58 Å². The summed E-state index contributed by atoms with van der Waals surface area (Å²) in [6, 6.07) is 6.68. The van der Waals surface area contributed by atoms with Crippen molar-refractivity contribution in [3.05, 3.63) is 52.6 Å². The van der Waals surface area contributed by atoms with Crippen LogP contribution in [-0.2, 0) is 6.54 Å².